The number of hydrogen-bond acceptors (Lipinski definition) is 4. The van der Waals surface area contributed by atoms with Gasteiger partial charge in [0.1, 0.15) is 11.2 Å². The molecular weight excluding hydrogens is 685 g/mol. The molecule has 0 fully saturated rings. The van der Waals surface area contributed by atoms with E-state index in [2.05, 4.69) is 156 Å². The Bertz CT molecular complexity index is 3450. The Morgan fingerprint density at radius 2 is 0.893 bits per heavy atom. The van der Waals surface area contributed by atoms with E-state index in [-0.39, 0.29) is 0 Å². The van der Waals surface area contributed by atoms with E-state index in [1.54, 1.807) is 0 Å². The molecule has 0 aliphatic rings. The number of nitrogens with zero attached hydrogens (tertiary/aromatic N) is 4. The zero-order valence-corrected chi connectivity index (χ0v) is 30.0. The third kappa shape index (κ3) is 4.64. The van der Waals surface area contributed by atoms with Crippen LogP contribution in [0.2, 0.25) is 0 Å². The second-order valence-electron chi connectivity index (χ2n) is 14.4. The van der Waals surface area contributed by atoms with Crippen LogP contribution in [0, 0.1) is 0 Å². The number of fused-ring (bicyclic) bond motifs is 9. The van der Waals surface area contributed by atoms with Crippen molar-refractivity contribution in [2.75, 3.05) is 0 Å². The molecule has 12 aromatic rings. The summed E-state index contributed by atoms with van der Waals surface area (Å²) in [7, 11) is 0. The molecule has 0 bridgehead atoms. The molecule has 0 atom stereocenters. The number of para-hydroxylation sites is 1. The maximum Gasteiger partial charge on any atom is 0.166 e. The lowest BCUT2D eigenvalue weighted by molar-refractivity contribution is 0.669. The Morgan fingerprint density at radius 3 is 1.59 bits per heavy atom. The van der Waals surface area contributed by atoms with Crippen molar-refractivity contribution in [3.63, 3.8) is 0 Å². The molecule has 0 unspecified atom stereocenters. The first-order valence-electron chi connectivity index (χ1n) is 18.9. The van der Waals surface area contributed by atoms with Crippen LogP contribution in [0.25, 0.3) is 116 Å². The Hall–Kier alpha value is -7.63. The van der Waals surface area contributed by atoms with Crippen LogP contribution in [-0.4, -0.2) is 19.5 Å². The van der Waals surface area contributed by atoms with Gasteiger partial charge in [0, 0.05) is 32.8 Å². The highest BCUT2D eigenvalue weighted by atomic mass is 16.3. The fourth-order valence-corrected chi connectivity index (χ4v) is 8.59. The monoisotopic (exact) mass is 714 g/mol. The summed E-state index contributed by atoms with van der Waals surface area (Å²) in [5.74, 6) is 1.81. The van der Waals surface area contributed by atoms with E-state index >= 15 is 0 Å². The minimum atomic E-state index is 0.584. The first-order chi connectivity index (χ1) is 27.7. The van der Waals surface area contributed by atoms with Crippen molar-refractivity contribution in [3.8, 4) is 39.9 Å². The van der Waals surface area contributed by atoms with Gasteiger partial charge >= 0.3 is 0 Å². The fraction of sp³-hybridized carbons (Fsp3) is 0. The summed E-state index contributed by atoms with van der Waals surface area (Å²) in [6.45, 7) is 0. The first kappa shape index (κ1) is 30.8. The van der Waals surface area contributed by atoms with Gasteiger partial charge in [0.2, 0.25) is 0 Å². The predicted octanol–water partition coefficient (Wildman–Crippen LogP) is 13.3. The minimum absolute atomic E-state index is 0.584. The lowest BCUT2D eigenvalue weighted by atomic mass is 10.0. The summed E-state index contributed by atoms with van der Waals surface area (Å²) >= 11 is 0. The quantitative estimate of drug-likeness (QED) is 0.182. The smallest absolute Gasteiger partial charge is 0.166 e. The van der Waals surface area contributed by atoms with Crippen molar-refractivity contribution in [2.45, 2.75) is 0 Å². The Labute approximate surface area is 320 Å². The van der Waals surface area contributed by atoms with E-state index in [9.17, 15) is 0 Å². The lowest BCUT2D eigenvalue weighted by Crippen LogP contribution is -2.04. The highest BCUT2D eigenvalue weighted by Crippen LogP contribution is 2.45. The first-order valence-corrected chi connectivity index (χ1v) is 18.9. The molecule has 12 rings (SSSR count). The molecule has 0 radical (unpaired) electrons. The van der Waals surface area contributed by atoms with Crippen LogP contribution in [0.15, 0.2) is 186 Å². The van der Waals surface area contributed by atoms with Gasteiger partial charge in [-0.05, 0) is 74.8 Å². The van der Waals surface area contributed by atoms with E-state index in [0.29, 0.717) is 17.5 Å². The zero-order chi connectivity index (χ0) is 36.7. The molecule has 3 heterocycles. The Balaban J connectivity index is 1.26. The maximum atomic E-state index is 6.61. The average Bonchev–Trinajstić information content (AvgIpc) is 3.79. The van der Waals surface area contributed by atoms with Gasteiger partial charge < -0.3 is 8.98 Å². The summed E-state index contributed by atoms with van der Waals surface area (Å²) in [6, 6.07) is 63.9. The molecule has 260 valence electrons. The van der Waals surface area contributed by atoms with Crippen LogP contribution in [0.1, 0.15) is 0 Å². The van der Waals surface area contributed by atoms with E-state index in [1.807, 2.05) is 30.3 Å². The third-order valence-corrected chi connectivity index (χ3v) is 11.2. The molecule has 3 aromatic heterocycles. The SMILES string of the molecule is c1ccc(-c2nc(-c3ccc4oc5ccccc5c4c3-n3c4cc5ccccc5cc4c4cc5ccccc5cc43)nc(-c3cccc4ccccc34)n2)cc1. The molecule has 0 aliphatic carbocycles. The summed E-state index contributed by atoms with van der Waals surface area (Å²) < 4.78 is 9.04. The number of hydrogen-bond donors (Lipinski definition) is 0. The number of furan rings is 1. The number of aromatic nitrogens is 4. The van der Waals surface area contributed by atoms with Crippen molar-refractivity contribution in [1.82, 2.24) is 19.5 Å². The van der Waals surface area contributed by atoms with Crippen LogP contribution in [0.5, 0.6) is 0 Å². The molecule has 5 nitrogen and oxygen atoms in total. The lowest BCUT2D eigenvalue weighted by Gasteiger charge is -2.16. The Morgan fingerprint density at radius 1 is 0.357 bits per heavy atom. The second kappa shape index (κ2) is 11.9. The summed E-state index contributed by atoms with van der Waals surface area (Å²) in [5, 5.41) is 11.3. The summed E-state index contributed by atoms with van der Waals surface area (Å²) in [5.41, 5.74) is 7.54. The van der Waals surface area contributed by atoms with Gasteiger partial charge in [0.15, 0.2) is 17.5 Å². The molecule has 0 amide bonds. The normalized spacial score (nSPS) is 11.9. The Kier molecular flexibility index (Phi) is 6.56. The van der Waals surface area contributed by atoms with Gasteiger partial charge in [0.25, 0.3) is 0 Å². The molecule has 0 saturated carbocycles. The van der Waals surface area contributed by atoms with Gasteiger partial charge in [0.05, 0.1) is 22.1 Å². The van der Waals surface area contributed by atoms with E-state index < -0.39 is 0 Å². The van der Waals surface area contributed by atoms with E-state index in [4.69, 9.17) is 19.4 Å². The molecule has 5 heteroatoms. The van der Waals surface area contributed by atoms with Crippen molar-refractivity contribution in [2.24, 2.45) is 0 Å². The third-order valence-electron chi connectivity index (χ3n) is 11.2. The fourth-order valence-electron chi connectivity index (χ4n) is 8.59. The summed E-state index contributed by atoms with van der Waals surface area (Å²) in [6.07, 6.45) is 0. The van der Waals surface area contributed by atoms with Crippen LogP contribution < -0.4 is 0 Å². The summed E-state index contributed by atoms with van der Waals surface area (Å²) in [4.78, 5) is 15.9. The van der Waals surface area contributed by atoms with Gasteiger partial charge in [-0.25, -0.2) is 15.0 Å². The van der Waals surface area contributed by atoms with Crippen molar-refractivity contribution >= 4 is 76.1 Å². The predicted molar refractivity (Wildman–Crippen MR) is 230 cm³/mol. The van der Waals surface area contributed by atoms with Crippen LogP contribution in [0.3, 0.4) is 0 Å². The van der Waals surface area contributed by atoms with Crippen molar-refractivity contribution in [3.05, 3.63) is 182 Å². The largest absolute Gasteiger partial charge is 0.456 e. The molecule has 9 aromatic carbocycles. The second-order valence-corrected chi connectivity index (χ2v) is 14.4. The molecule has 0 saturated heterocycles. The highest BCUT2D eigenvalue weighted by molar-refractivity contribution is 6.20. The minimum Gasteiger partial charge on any atom is -0.456 e. The number of benzene rings is 9. The number of rotatable bonds is 4. The van der Waals surface area contributed by atoms with E-state index in [0.717, 1.165) is 66.1 Å². The average molecular weight is 715 g/mol. The maximum absolute atomic E-state index is 6.61. The highest BCUT2D eigenvalue weighted by Gasteiger charge is 2.25. The topological polar surface area (TPSA) is 56.7 Å². The molecule has 56 heavy (non-hydrogen) atoms. The van der Waals surface area contributed by atoms with E-state index in [1.165, 1.54) is 32.3 Å². The molecular formula is C51H30N4O. The van der Waals surface area contributed by atoms with Gasteiger partial charge in [-0.1, -0.05) is 140 Å². The van der Waals surface area contributed by atoms with Crippen LogP contribution in [-0.2, 0) is 0 Å². The van der Waals surface area contributed by atoms with Crippen LogP contribution >= 0.6 is 0 Å². The zero-order valence-electron chi connectivity index (χ0n) is 30.0. The molecule has 0 aliphatic heterocycles. The van der Waals surface area contributed by atoms with Gasteiger partial charge in [-0.3, -0.25) is 0 Å². The standard InChI is InChI=1S/C51H30N4O/c1-2-14-32(15-3-1)49-52-50(38-23-12-20-31-13-8-9-21-37(31)38)54-51(53-49)40-25-26-46-47(39-22-10-11-24-45(39)56-46)48(40)55-43-29-35-18-6-4-16-33(35)27-41(43)42-28-34-17-5-7-19-36(34)30-44(42)55/h1-30H. The van der Waals surface area contributed by atoms with Crippen LogP contribution in [0.4, 0.5) is 0 Å². The van der Waals surface area contributed by atoms with Crippen molar-refractivity contribution in [1.29, 1.82) is 0 Å². The molecule has 0 N–H and O–H groups in total. The van der Waals surface area contributed by atoms with Gasteiger partial charge in [-0.2, -0.15) is 0 Å². The van der Waals surface area contributed by atoms with Crippen molar-refractivity contribution < 1.29 is 4.42 Å². The van der Waals surface area contributed by atoms with Gasteiger partial charge in [-0.15, -0.1) is 0 Å². The molecule has 0 spiro atoms.